The van der Waals surface area contributed by atoms with Gasteiger partial charge in [0.15, 0.2) is 0 Å². The van der Waals surface area contributed by atoms with Gasteiger partial charge in [-0.05, 0) is 48.7 Å². The van der Waals surface area contributed by atoms with E-state index in [2.05, 4.69) is 53.4 Å². The Hall–Kier alpha value is -1.85. The van der Waals surface area contributed by atoms with Crippen LogP contribution in [0.4, 0.5) is 0 Å². The van der Waals surface area contributed by atoms with Gasteiger partial charge in [-0.25, -0.2) is 0 Å². The van der Waals surface area contributed by atoms with Crippen LogP contribution in [-0.2, 0) is 6.42 Å². The van der Waals surface area contributed by atoms with E-state index in [1.807, 2.05) is 0 Å². The fourth-order valence-electron chi connectivity index (χ4n) is 3.07. The second kappa shape index (κ2) is 6.07. The molecule has 1 fully saturated rings. The first kappa shape index (κ1) is 13.1. The van der Waals surface area contributed by atoms with Crippen molar-refractivity contribution in [2.24, 2.45) is 5.92 Å². The summed E-state index contributed by atoms with van der Waals surface area (Å²) >= 11 is 0. The zero-order valence-corrected chi connectivity index (χ0v) is 11.8. The van der Waals surface area contributed by atoms with E-state index in [0.29, 0.717) is 0 Å². The third-order valence-corrected chi connectivity index (χ3v) is 4.35. The lowest BCUT2D eigenvalue weighted by Crippen LogP contribution is -2.34. The summed E-state index contributed by atoms with van der Waals surface area (Å²) in [6.45, 7) is 3.25. The summed E-state index contributed by atoms with van der Waals surface area (Å²) in [7, 11) is 0. The predicted molar refractivity (Wildman–Crippen MR) is 82.4 cm³/mol. The highest BCUT2D eigenvalue weighted by molar-refractivity contribution is 5.85. The van der Waals surface area contributed by atoms with Crippen molar-refractivity contribution in [3.63, 3.8) is 0 Å². The maximum atomic E-state index is 8.94. The van der Waals surface area contributed by atoms with Crippen LogP contribution in [-0.4, -0.2) is 24.5 Å². The van der Waals surface area contributed by atoms with Crippen LogP contribution in [0.25, 0.3) is 10.8 Å². The van der Waals surface area contributed by atoms with E-state index >= 15 is 0 Å². The normalized spacial score (nSPS) is 17.1. The highest BCUT2D eigenvalue weighted by atomic mass is 15.1. The summed E-state index contributed by atoms with van der Waals surface area (Å²) < 4.78 is 0. The third-order valence-electron chi connectivity index (χ3n) is 4.35. The van der Waals surface area contributed by atoms with Crippen LogP contribution >= 0.6 is 0 Å². The maximum absolute atomic E-state index is 8.94. The molecule has 0 aliphatic carbocycles. The molecular weight excluding hydrogens is 244 g/mol. The number of hydrogen-bond acceptors (Lipinski definition) is 2. The lowest BCUT2D eigenvalue weighted by Gasteiger charge is -2.29. The molecule has 0 bridgehead atoms. The summed E-state index contributed by atoms with van der Waals surface area (Å²) in [6.07, 6.45) is 3.16. The molecule has 1 heterocycles. The SMILES string of the molecule is N#CC1CCN(CCc2cccc3ccccc23)CC1. The van der Waals surface area contributed by atoms with Gasteiger partial charge in [-0.15, -0.1) is 0 Å². The van der Waals surface area contributed by atoms with E-state index < -0.39 is 0 Å². The first-order chi connectivity index (χ1) is 9.86. The van der Waals surface area contributed by atoms with Crippen molar-refractivity contribution < 1.29 is 0 Å². The van der Waals surface area contributed by atoms with Crippen LogP contribution in [0.15, 0.2) is 42.5 Å². The fraction of sp³-hybridized carbons (Fsp3) is 0.389. The van der Waals surface area contributed by atoms with Gasteiger partial charge in [0.2, 0.25) is 0 Å². The Morgan fingerprint density at radius 2 is 1.80 bits per heavy atom. The van der Waals surface area contributed by atoms with Crippen LogP contribution in [0.1, 0.15) is 18.4 Å². The molecule has 3 rings (SSSR count). The molecule has 0 spiro atoms. The van der Waals surface area contributed by atoms with Gasteiger partial charge < -0.3 is 4.90 Å². The topological polar surface area (TPSA) is 27.0 Å². The van der Waals surface area contributed by atoms with Crippen LogP contribution < -0.4 is 0 Å². The van der Waals surface area contributed by atoms with Gasteiger partial charge in [0.05, 0.1) is 6.07 Å². The number of nitriles is 1. The Kier molecular flexibility index (Phi) is 3.99. The minimum absolute atomic E-state index is 0.281. The molecule has 102 valence electrons. The number of rotatable bonds is 3. The molecule has 2 nitrogen and oxygen atoms in total. The average molecular weight is 264 g/mol. The highest BCUT2D eigenvalue weighted by Crippen LogP contribution is 2.20. The van der Waals surface area contributed by atoms with Crippen LogP contribution in [0.2, 0.25) is 0 Å². The first-order valence-electron chi connectivity index (χ1n) is 7.45. The van der Waals surface area contributed by atoms with E-state index in [0.717, 1.165) is 38.9 Å². The number of nitrogens with zero attached hydrogens (tertiary/aromatic N) is 2. The smallest absolute Gasteiger partial charge is 0.0656 e. The Labute approximate surface area is 120 Å². The monoisotopic (exact) mass is 264 g/mol. The van der Waals surface area contributed by atoms with Gasteiger partial charge in [0, 0.05) is 12.5 Å². The van der Waals surface area contributed by atoms with E-state index in [9.17, 15) is 0 Å². The number of piperidine rings is 1. The van der Waals surface area contributed by atoms with Crippen molar-refractivity contribution in [2.45, 2.75) is 19.3 Å². The summed E-state index contributed by atoms with van der Waals surface area (Å²) in [5.41, 5.74) is 1.44. The number of likely N-dealkylation sites (tertiary alicyclic amines) is 1. The van der Waals surface area contributed by atoms with Gasteiger partial charge in [-0.2, -0.15) is 5.26 Å². The number of fused-ring (bicyclic) bond motifs is 1. The molecule has 0 saturated carbocycles. The highest BCUT2D eigenvalue weighted by Gasteiger charge is 2.18. The van der Waals surface area contributed by atoms with Gasteiger partial charge in [0.1, 0.15) is 0 Å². The third kappa shape index (κ3) is 2.84. The Morgan fingerprint density at radius 3 is 2.60 bits per heavy atom. The minimum Gasteiger partial charge on any atom is -0.303 e. The average Bonchev–Trinajstić information content (AvgIpc) is 2.53. The van der Waals surface area contributed by atoms with E-state index in [4.69, 9.17) is 5.26 Å². The Bertz CT molecular complexity index is 613. The van der Waals surface area contributed by atoms with Crippen molar-refractivity contribution in [1.29, 1.82) is 5.26 Å². The molecule has 0 atom stereocenters. The van der Waals surface area contributed by atoms with E-state index in [1.54, 1.807) is 0 Å². The molecule has 2 heteroatoms. The molecule has 0 N–H and O–H groups in total. The number of hydrogen-bond donors (Lipinski definition) is 0. The first-order valence-corrected chi connectivity index (χ1v) is 7.45. The standard InChI is InChI=1S/C18H20N2/c19-14-15-8-11-20(12-9-15)13-10-17-6-3-5-16-4-1-2-7-18(16)17/h1-7,15H,8-13H2. The summed E-state index contributed by atoms with van der Waals surface area (Å²) in [5.74, 6) is 0.281. The van der Waals surface area contributed by atoms with Crippen molar-refractivity contribution in [1.82, 2.24) is 4.90 Å². The summed E-state index contributed by atoms with van der Waals surface area (Å²) in [5, 5.41) is 11.6. The molecular formula is C18H20N2. The lowest BCUT2D eigenvalue weighted by atomic mass is 9.97. The molecule has 1 aliphatic heterocycles. The van der Waals surface area contributed by atoms with Gasteiger partial charge in [0.25, 0.3) is 0 Å². The predicted octanol–water partition coefficient (Wildman–Crippen LogP) is 3.62. The molecule has 0 radical (unpaired) electrons. The molecule has 0 aromatic heterocycles. The summed E-state index contributed by atoms with van der Waals surface area (Å²) in [6, 6.07) is 17.6. The molecule has 20 heavy (non-hydrogen) atoms. The molecule has 0 amide bonds. The maximum Gasteiger partial charge on any atom is 0.0656 e. The van der Waals surface area contributed by atoms with E-state index in [-0.39, 0.29) is 5.92 Å². The molecule has 1 aliphatic rings. The molecule has 0 unspecified atom stereocenters. The second-order valence-corrected chi connectivity index (χ2v) is 5.63. The van der Waals surface area contributed by atoms with Crippen LogP contribution in [0.3, 0.4) is 0 Å². The Morgan fingerprint density at radius 1 is 1.05 bits per heavy atom. The van der Waals surface area contributed by atoms with E-state index in [1.165, 1.54) is 16.3 Å². The molecule has 1 saturated heterocycles. The van der Waals surface area contributed by atoms with Crippen molar-refractivity contribution in [2.75, 3.05) is 19.6 Å². The zero-order valence-electron chi connectivity index (χ0n) is 11.8. The van der Waals surface area contributed by atoms with Crippen LogP contribution in [0.5, 0.6) is 0 Å². The van der Waals surface area contributed by atoms with Crippen LogP contribution in [0, 0.1) is 17.2 Å². The Balaban J connectivity index is 1.65. The van der Waals surface area contributed by atoms with Gasteiger partial charge >= 0.3 is 0 Å². The molecule has 2 aromatic rings. The van der Waals surface area contributed by atoms with Gasteiger partial charge in [-0.1, -0.05) is 42.5 Å². The fourth-order valence-corrected chi connectivity index (χ4v) is 3.07. The minimum atomic E-state index is 0.281. The zero-order chi connectivity index (χ0) is 13.8. The lowest BCUT2D eigenvalue weighted by molar-refractivity contribution is 0.208. The summed E-state index contributed by atoms with van der Waals surface area (Å²) in [4.78, 5) is 2.50. The largest absolute Gasteiger partial charge is 0.303 e. The van der Waals surface area contributed by atoms with Gasteiger partial charge in [-0.3, -0.25) is 0 Å². The van der Waals surface area contributed by atoms with Crippen molar-refractivity contribution in [3.8, 4) is 6.07 Å². The van der Waals surface area contributed by atoms with Crippen molar-refractivity contribution in [3.05, 3.63) is 48.0 Å². The number of benzene rings is 2. The molecule has 2 aromatic carbocycles. The van der Waals surface area contributed by atoms with Crippen molar-refractivity contribution >= 4 is 10.8 Å². The second-order valence-electron chi connectivity index (χ2n) is 5.63. The quantitative estimate of drug-likeness (QED) is 0.846.